The van der Waals surface area contributed by atoms with E-state index in [-0.39, 0.29) is 5.92 Å². The van der Waals surface area contributed by atoms with Gasteiger partial charge in [-0.25, -0.2) is 0 Å². The van der Waals surface area contributed by atoms with Crippen molar-refractivity contribution >= 4 is 0 Å². The van der Waals surface area contributed by atoms with Crippen molar-refractivity contribution in [3.63, 3.8) is 0 Å². The lowest BCUT2D eigenvalue weighted by Crippen LogP contribution is -2.36. The summed E-state index contributed by atoms with van der Waals surface area (Å²) in [6, 6.07) is 13.1. The molecule has 1 aliphatic rings. The maximum atomic E-state index is 9.16. The highest BCUT2D eigenvalue weighted by Crippen LogP contribution is 2.30. The van der Waals surface area contributed by atoms with Crippen molar-refractivity contribution in [1.29, 1.82) is 10.5 Å². The molecule has 2 rings (SSSR count). The van der Waals surface area contributed by atoms with Gasteiger partial charge in [-0.2, -0.15) is 10.5 Å². The third kappa shape index (κ3) is 4.31. The van der Waals surface area contributed by atoms with Gasteiger partial charge < -0.3 is 4.90 Å². The normalized spacial score (nSPS) is 17.9. The first kappa shape index (κ1) is 15.5. The number of likely N-dealkylation sites (tertiary alicyclic amines) is 1. The molecule has 0 bridgehead atoms. The highest BCUT2D eigenvalue weighted by Gasteiger charge is 2.23. The van der Waals surface area contributed by atoms with Crippen LogP contribution in [0.4, 0.5) is 0 Å². The maximum absolute atomic E-state index is 9.16. The highest BCUT2D eigenvalue weighted by atomic mass is 15.1. The topological polar surface area (TPSA) is 50.8 Å². The van der Waals surface area contributed by atoms with Crippen LogP contribution < -0.4 is 0 Å². The van der Waals surface area contributed by atoms with Crippen LogP contribution in [0.3, 0.4) is 0 Å². The molecule has 0 amide bonds. The summed E-state index contributed by atoms with van der Waals surface area (Å²) in [5, 5.41) is 17.8. The van der Waals surface area contributed by atoms with E-state index >= 15 is 0 Å². The lowest BCUT2D eigenvalue weighted by Gasteiger charge is -2.33. The van der Waals surface area contributed by atoms with Gasteiger partial charge in [-0.05, 0) is 56.3 Å². The van der Waals surface area contributed by atoms with Crippen molar-refractivity contribution in [3.05, 3.63) is 35.4 Å². The van der Waals surface area contributed by atoms with Gasteiger partial charge in [0.2, 0.25) is 0 Å². The number of rotatable bonds is 5. The van der Waals surface area contributed by atoms with Gasteiger partial charge in [0.25, 0.3) is 0 Å². The Morgan fingerprint density at radius 3 is 2.57 bits per heavy atom. The second kappa shape index (κ2) is 7.81. The zero-order valence-corrected chi connectivity index (χ0v) is 12.8. The standard InChI is InChI=1S/C18H23N3/c1-15-5-2-3-7-18(15)17-8-11-21(12-9-17)14-16(13-20)6-4-10-19/h2-3,5,7,16-17H,4,6,8-9,11-12,14H2,1H3/t16-/m0/s1. The van der Waals surface area contributed by atoms with E-state index in [1.807, 2.05) is 0 Å². The Labute approximate surface area is 127 Å². The van der Waals surface area contributed by atoms with E-state index < -0.39 is 0 Å². The SMILES string of the molecule is Cc1ccccc1C1CCN(C[C@H](C#N)CCC#N)CC1. The van der Waals surface area contributed by atoms with Crippen LogP contribution in [-0.4, -0.2) is 24.5 Å². The van der Waals surface area contributed by atoms with E-state index in [2.05, 4.69) is 48.2 Å². The van der Waals surface area contributed by atoms with Gasteiger partial charge in [0.15, 0.2) is 0 Å². The summed E-state index contributed by atoms with van der Waals surface area (Å²) in [6.45, 7) is 5.13. The molecule has 0 unspecified atom stereocenters. The highest BCUT2D eigenvalue weighted by molar-refractivity contribution is 5.29. The number of aryl methyl sites for hydroxylation is 1. The largest absolute Gasteiger partial charge is 0.302 e. The van der Waals surface area contributed by atoms with E-state index in [9.17, 15) is 0 Å². The van der Waals surface area contributed by atoms with Crippen LogP contribution in [0.25, 0.3) is 0 Å². The van der Waals surface area contributed by atoms with Crippen LogP contribution in [-0.2, 0) is 0 Å². The summed E-state index contributed by atoms with van der Waals surface area (Å²) < 4.78 is 0. The molecule has 1 fully saturated rings. The molecule has 3 heteroatoms. The molecule has 1 saturated heterocycles. The zero-order chi connectivity index (χ0) is 15.1. The predicted molar refractivity (Wildman–Crippen MR) is 83.5 cm³/mol. The monoisotopic (exact) mass is 281 g/mol. The quantitative estimate of drug-likeness (QED) is 0.828. The third-order valence-electron chi connectivity index (χ3n) is 4.48. The van der Waals surface area contributed by atoms with Crippen molar-refractivity contribution in [1.82, 2.24) is 4.90 Å². The van der Waals surface area contributed by atoms with Gasteiger partial charge >= 0.3 is 0 Å². The fourth-order valence-electron chi connectivity index (χ4n) is 3.22. The number of hydrogen-bond donors (Lipinski definition) is 0. The molecule has 110 valence electrons. The average molecular weight is 281 g/mol. The molecule has 1 aliphatic heterocycles. The summed E-state index contributed by atoms with van der Waals surface area (Å²) in [5.74, 6) is 0.654. The zero-order valence-electron chi connectivity index (χ0n) is 12.8. The van der Waals surface area contributed by atoms with Crippen molar-refractivity contribution in [2.75, 3.05) is 19.6 Å². The molecule has 0 saturated carbocycles. The van der Waals surface area contributed by atoms with Crippen LogP contribution in [0.2, 0.25) is 0 Å². The summed E-state index contributed by atoms with van der Waals surface area (Å²) >= 11 is 0. The van der Waals surface area contributed by atoms with Gasteiger partial charge in [-0.3, -0.25) is 0 Å². The number of piperidine rings is 1. The van der Waals surface area contributed by atoms with E-state index in [4.69, 9.17) is 10.5 Å². The van der Waals surface area contributed by atoms with E-state index in [0.717, 1.165) is 19.6 Å². The number of nitriles is 2. The summed E-state index contributed by atoms with van der Waals surface area (Å²) in [6.07, 6.45) is 3.52. The van der Waals surface area contributed by atoms with Crippen molar-refractivity contribution in [3.8, 4) is 12.1 Å². The third-order valence-corrected chi connectivity index (χ3v) is 4.48. The minimum Gasteiger partial charge on any atom is -0.302 e. The van der Waals surface area contributed by atoms with E-state index in [1.54, 1.807) is 0 Å². The number of hydrogen-bond acceptors (Lipinski definition) is 3. The Morgan fingerprint density at radius 1 is 1.24 bits per heavy atom. The first-order chi connectivity index (χ1) is 10.2. The minimum absolute atomic E-state index is 0.000314. The van der Waals surface area contributed by atoms with Gasteiger partial charge in [0.05, 0.1) is 18.1 Å². The Balaban J connectivity index is 1.85. The molecule has 1 atom stereocenters. The summed E-state index contributed by atoms with van der Waals surface area (Å²) in [7, 11) is 0. The molecule has 21 heavy (non-hydrogen) atoms. The molecule has 0 N–H and O–H groups in total. The second-order valence-corrected chi connectivity index (χ2v) is 5.95. The van der Waals surface area contributed by atoms with Gasteiger partial charge in [-0.15, -0.1) is 0 Å². The molecule has 0 aliphatic carbocycles. The first-order valence-corrected chi connectivity index (χ1v) is 7.79. The van der Waals surface area contributed by atoms with Crippen LogP contribution >= 0.6 is 0 Å². The lowest BCUT2D eigenvalue weighted by molar-refractivity contribution is 0.193. The fraction of sp³-hybridized carbons (Fsp3) is 0.556. The maximum Gasteiger partial charge on any atom is 0.0669 e. The molecule has 1 aromatic carbocycles. The lowest BCUT2D eigenvalue weighted by atomic mass is 9.86. The Bertz CT molecular complexity index is 530. The van der Waals surface area contributed by atoms with Crippen LogP contribution in [0, 0.1) is 35.5 Å². The molecule has 0 spiro atoms. The van der Waals surface area contributed by atoms with Gasteiger partial charge in [-0.1, -0.05) is 24.3 Å². The minimum atomic E-state index is -0.000314. The molecular weight excluding hydrogens is 258 g/mol. The average Bonchev–Trinajstić information content (AvgIpc) is 2.52. The number of benzene rings is 1. The van der Waals surface area contributed by atoms with Crippen molar-refractivity contribution < 1.29 is 0 Å². The van der Waals surface area contributed by atoms with Crippen LogP contribution in [0.15, 0.2) is 24.3 Å². The van der Waals surface area contributed by atoms with Crippen molar-refractivity contribution in [2.45, 2.75) is 38.5 Å². The predicted octanol–water partition coefficient (Wildman–Crippen LogP) is 3.62. The second-order valence-electron chi connectivity index (χ2n) is 5.95. The first-order valence-electron chi connectivity index (χ1n) is 7.79. The molecule has 1 heterocycles. The van der Waals surface area contributed by atoms with E-state index in [0.29, 0.717) is 18.8 Å². The van der Waals surface area contributed by atoms with Crippen LogP contribution in [0.1, 0.15) is 42.7 Å². The van der Waals surface area contributed by atoms with Gasteiger partial charge in [0, 0.05) is 13.0 Å². The Morgan fingerprint density at radius 2 is 1.95 bits per heavy atom. The van der Waals surface area contributed by atoms with E-state index in [1.165, 1.54) is 24.0 Å². The Hall–Kier alpha value is -1.84. The summed E-state index contributed by atoms with van der Waals surface area (Å²) in [5.41, 5.74) is 2.87. The molecule has 3 nitrogen and oxygen atoms in total. The summed E-state index contributed by atoms with van der Waals surface area (Å²) in [4.78, 5) is 2.39. The fourth-order valence-corrected chi connectivity index (χ4v) is 3.22. The number of nitrogens with zero attached hydrogens (tertiary/aromatic N) is 3. The van der Waals surface area contributed by atoms with Crippen LogP contribution in [0.5, 0.6) is 0 Å². The Kier molecular flexibility index (Phi) is 5.78. The molecule has 1 aromatic rings. The molecule has 0 aromatic heterocycles. The molecular formula is C18H23N3. The smallest absolute Gasteiger partial charge is 0.0669 e. The molecule has 0 radical (unpaired) electrons. The van der Waals surface area contributed by atoms with Crippen molar-refractivity contribution in [2.24, 2.45) is 5.92 Å². The van der Waals surface area contributed by atoms with Gasteiger partial charge in [0.1, 0.15) is 0 Å².